The van der Waals surface area contributed by atoms with Gasteiger partial charge in [-0.3, -0.25) is 34.0 Å². The van der Waals surface area contributed by atoms with Gasteiger partial charge in [0.1, 0.15) is 12.1 Å². The molecule has 0 radical (unpaired) electrons. The van der Waals surface area contributed by atoms with Gasteiger partial charge in [0.2, 0.25) is 23.6 Å². The third-order valence-corrected chi connectivity index (χ3v) is 11.0. The van der Waals surface area contributed by atoms with Crippen molar-refractivity contribution in [1.82, 2.24) is 42.7 Å². The second-order valence-corrected chi connectivity index (χ2v) is 15.7. The van der Waals surface area contributed by atoms with Crippen LogP contribution in [0.25, 0.3) is 0 Å². The van der Waals surface area contributed by atoms with Gasteiger partial charge in [0.05, 0.1) is 25.2 Å². The van der Waals surface area contributed by atoms with Crippen molar-refractivity contribution in [2.45, 2.75) is 106 Å². The fourth-order valence-electron chi connectivity index (χ4n) is 6.43. The van der Waals surface area contributed by atoms with Gasteiger partial charge >= 0.3 is 17.9 Å². The molecule has 4 rings (SSSR count). The molecular weight excluding hydrogens is 778 g/mol. The van der Waals surface area contributed by atoms with Crippen molar-refractivity contribution in [2.24, 2.45) is 16.1 Å². The largest absolute Gasteiger partial charge is 0.442 e. The monoisotopic (exact) mass is 826 g/mol. The molecule has 314 valence electrons. The predicted molar refractivity (Wildman–Crippen MR) is 198 cm³/mol. The number of rotatable bonds is 22. The van der Waals surface area contributed by atoms with E-state index in [1.165, 1.54) is 5.48 Å². The molecule has 0 bridgehead atoms. The number of hydrogen-bond donors (Lipinski definition) is 9. The van der Waals surface area contributed by atoms with Gasteiger partial charge in [-0.05, 0) is 56.6 Å². The van der Waals surface area contributed by atoms with Crippen molar-refractivity contribution in [3.63, 3.8) is 0 Å². The number of halogens is 3. The number of benzene rings is 1. The highest BCUT2D eigenvalue weighted by atomic mass is 32.2. The molecule has 1 aromatic rings. The molecule has 57 heavy (non-hydrogen) atoms. The molecule has 1 aromatic carbocycles. The Labute approximate surface area is 330 Å². The van der Waals surface area contributed by atoms with Gasteiger partial charge in [0.15, 0.2) is 0 Å². The number of alkyl halides is 3. The molecule has 22 heteroatoms. The number of hydrogen-bond acceptors (Lipinski definition) is 11. The first-order valence-electron chi connectivity index (χ1n) is 18.7. The SMILES string of the molecule is CC(C)C[C@H](NC(=O)CNC(=O)CNC(=O)[C@H](CCCCNC(=O)CCCC[C@@H]1SC[C@@H]2NC(=O)N[C@@H]21)NC(=O)c1ccc(C2(C(F)(F)F)N=N2)cc1)C(=O)NO. The number of carbonyl (C=O) groups excluding carboxylic acids is 7. The summed E-state index contributed by atoms with van der Waals surface area (Å²) in [5.41, 5.74) is -1.52. The molecule has 3 aliphatic heterocycles. The van der Waals surface area contributed by atoms with Gasteiger partial charge in [-0.2, -0.15) is 24.9 Å². The van der Waals surface area contributed by atoms with E-state index in [4.69, 9.17) is 5.21 Å². The molecule has 0 spiro atoms. The number of unbranched alkanes of at least 4 members (excludes halogenated alkanes) is 2. The summed E-state index contributed by atoms with van der Waals surface area (Å²) >= 11 is 1.81. The number of nitrogens with zero attached hydrogens (tertiary/aromatic N) is 2. The smallest absolute Gasteiger partial charge is 0.356 e. The number of fused-ring (bicyclic) bond motifs is 1. The van der Waals surface area contributed by atoms with E-state index >= 15 is 0 Å². The van der Waals surface area contributed by atoms with Gasteiger partial charge in [-0.15, -0.1) is 10.2 Å². The number of carbonyl (C=O) groups is 7. The average Bonchev–Trinajstić information content (AvgIpc) is 3.81. The summed E-state index contributed by atoms with van der Waals surface area (Å²) in [6.45, 7) is 2.77. The van der Waals surface area contributed by atoms with Crippen LogP contribution in [0, 0.1) is 5.92 Å². The second kappa shape index (κ2) is 20.4. The minimum atomic E-state index is -4.75. The summed E-state index contributed by atoms with van der Waals surface area (Å²) in [6, 6.07) is 2.28. The Balaban J connectivity index is 1.23. The lowest BCUT2D eigenvalue weighted by Gasteiger charge is -2.20. The maximum absolute atomic E-state index is 13.4. The Kier molecular flexibility index (Phi) is 16.0. The number of amides is 8. The van der Waals surface area contributed by atoms with Crippen LogP contribution in [0.15, 0.2) is 34.5 Å². The lowest BCUT2D eigenvalue weighted by molar-refractivity contribution is -0.166. The lowest BCUT2D eigenvalue weighted by Crippen LogP contribution is -2.51. The van der Waals surface area contributed by atoms with E-state index in [0.29, 0.717) is 37.5 Å². The molecule has 3 aliphatic rings. The normalized spacial score (nSPS) is 20.0. The van der Waals surface area contributed by atoms with Crippen LogP contribution in [0.3, 0.4) is 0 Å². The van der Waals surface area contributed by atoms with Gasteiger partial charge in [0, 0.05) is 35.1 Å². The third kappa shape index (κ3) is 13.0. The summed E-state index contributed by atoms with van der Waals surface area (Å²) in [5, 5.41) is 33.9. The maximum Gasteiger partial charge on any atom is 0.442 e. The first-order chi connectivity index (χ1) is 27.0. The molecule has 0 aromatic heterocycles. The summed E-state index contributed by atoms with van der Waals surface area (Å²) in [5.74, 6) is -3.14. The molecule has 18 nitrogen and oxygen atoms in total. The molecule has 0 saturated carbocycles. The Hall–Kier alpha value is -4.99. The van der Waals surface area contributed by atoms with Crippen LogP contribution >= 0.6 is 11.8 Å². The van der Waals surface area contributed by atoms with E-state index in [-0.39, 0.29) is 53.9 Å². The number of nitrogens with one attached hydrogen (secondary N) is 8. The van der Waals surface area contributed by atoms with E-state index in [9.17, 15) is 46.7 Å². The highest BCUT2D eigenvalue weighted by Gasteiger charge is 2.65. The fraction of sp³-hybridized carbons (Fsp3) is 0.629. The molecular formula is C35H49F3N10O8S. The van der Waals surface area contributed by atoms with Crippen LogP contribution in [-0.2, 0) is 29.6 Å². The van der Waals surface area contributed by atoms with Crippen LogP contribution in [0.1, 0.15) is 81.1 Å². The summed E-state index contributed by atoms with van der Waals surface area (Å²) in [4.78, 5) is 87.0. The van der Waals surface area contributed by atoms with Crippen LogP contribution in [0.2, 0.25) is 0 Å². The molecule has 0 aliphatic carbocycles. The Morgan fingerprint density at radius 2 is 1.58 bits per heavy atom. The van der Waals surface area contributed by atoms with Crippen molar-refractivity contribution < 1.29 is 51.9 Å². The second-order valence-electron chi connectivity index (χ2n) is 14.4. The quantitative estimate of drug-likeness (QED) is 0.0352. The summed E-state index contributed by atoms with van der Waals surface area (Å²) < 4.78 is 40.3. The van der Waals surface area contributed by atoms with Crippen molar-refractivity contribution in [2.75, 3.05) is 25.4 Å². The molecule has 0 unspecified atom stereocenters. The van der Waals surface area contributed by atoms with E-state index < -0.39 is 66.5 Å². The lowest BCUT2D eigenvalue weighted by atomic mass is 10.0. The zero-order valence-electron chi connectivity index (χ0n) is 31.5. The molecule has 8 amide bonds. The first-order valence-corrected chi connectivity index (χ1v) is 19.7. The molecule has 2 saturated heterocycles. The first kappa shape index (κ1) is 44.7. The Bertz CT molecular complexity index is 1660. The fourth-order valence-corrected chi connectivity index (χ4v) is 7.97. The summed E-state index contributed by atoms with van der Waals surface area (Å²) in [6.07, 6.45) is -0.987. The van der Waals surface area contributed by atoms with Crippen molar-refractivity contribution in [1.29, 1.82) is 0 Å². The standard InChI is InChI=1S/C35H49F3N10O8S/c1-19(2)15-23(32(54)46-56)42-28(51)17-40-27(50)16-41-31(53)22(43-30(52)20-10-12-21(13-11-20)34(47-48-34)35(36,37)38)7-5-6-14-39-26(49)9-4-3-8-25-29-24(18-57-25)44-33(55)45-29/h10-13,19,22-25,29,56H,3-9,14-18H2,1-2H3,(H,39,49)(H,40,50)(H,41,53)(H,42,51)(H,43,52)(H,46,54)(H2,44,45,55)/t22-,23-,24-,25-,29-/m0/s1. The molecule has 9 N–H and O–H groups in total. The van der Waals surface area contributed by atoms with Gasteiger partial charge in [0.25, 0.3) is 11.8 Å². The van der Waals surface area contributed by atoms with E-state index in [2.05, 4.69) is 47.4 Å². The van der Waals surface area contributed by atoms with Crippen molar-refractivity contribution >= 4 is 53.2 Å². The Morgan fingerprint density at radius 1 is 0.877 bits per heavy atom. The van der Waals surface area contributed by atoms with Crippen molar-refractivity contribution in [3.8, 4) is 0 Å². The van der Waals surface area contributed by atoms with Crippen LogP contribution in [0.5, 0.6) is 0 Å². The zero-order valence-corrected chi connectivity index (χ0v) is 32.3. The highest BCUT2D eigenvalue weighted by molar-refractivity contribution is 8.00. The van der Waals surface area contributed by atoms with Gasteiger partial charge < -0.3 is 37.2 Å². The van der Waals surface area contributed by atoms with E-state index in [1.807, 2.05) is 11.8 Å². The topological polar surface area (TPSA) is 261 Å². The van der Waals surface area contributed by atoms with Crippen LogP contribution in [0.4, 0.5) is 18.0 Å². The average molecular weight is 827 g/mol. The number of urea groups is 1. The van der Waals surface area contributed by atoms with Crippen molar-refractivity contribution in [3.05, 3.63) is 35.4 Å². The summed E-state index contributed by atoms with van der Waals surface area (Å²) in [7, 11) is 0. The number of thioether (sulfide) groups is 1. The minimum absolute atomic E-state index is 0.00651. The van der Waals surface area contributed by atoms with Crippen LogP contribution in [-0.4, -0.2) is 108 Å². The molecule has 2 fully saturated rings. The van der Waals surface area contributed by atoms with Gasteiger partial charge in [-0.25, -0.2) is 10.3 Å². The Morgan fingerprint density at radius 3 is 2.23 bits per heavy atom. The molecule has 5 atom stereocenters. The van der Waals surface area contributed by atoms with E-state index in [1.54, 1.807) is 13.8 Å². The maximum atomic E-state index is 13.4. The van der Waals surface area contributed by atoms with Gasteiger partial charge in [-0.1, -0.05) is 32.4 Å². The van der Waals surface area contributed by atoms with E-state index in [0.717, 1.165) is 42.9 Å². The third-order valence-electron chi connectivity index (χ3n) is 9.53. The van der Waals surface area contributed by atoms with Crippen LogP contribution < -0.4 is 42.7 Å². The minimum Gasteiger partial charge on any atom is -0.356 e. The number of hydroxylamine groups is 1. The highest BCUT2D eigenvalue weighted by Crippen LogP contribution is 2.52. The predicted octanol–water partition coefficient (Wildman–Crippen LogP) is 1.25. The zero-order chi connectivity index (χ0) is 41.8. The molecule has 3 heterocycles.